The van der Waals surface area contributed by atoms with E-state index in [0.717, 1.165) is 43.9 Å². The summed E-state index contributed by atoms with van der Waals surface area (Å²) in [6.07, 6.45) is 7.99. The predicted octanol–water partition coefficient (Wildman–Crippen LogP) is 2.52. The van der Waals surface area contributed by atoms with E-state index in [9.17, 15) is 9.90 Å². The molecule has 1 N–H and O–H groups in total. The lowest BCUT2D eigenvalue weighted by molar-refractivity contribution is -0.132. The van der Waals surface area contributed by atoms with Crippen LogP contribution < -0.4 is 0 Å². The van der Waals surface area contributed by atoms with Crippen molar-refractivity contribution in [1.82, 2.24) is 9.88 Å². The maximum atomic E-state index is 11.4. The van der Waals surface area contributed by atoms with Crippen molar-refractivity contribution < 1.29 is 14.6 Å². The Balaban J connectivity index is 1.80. The average Bonchev–Trinajstić information content (AvgIpc) is 2.56. The summed E-state index contributed by atoms with van der Waals surface area (Å²) in [7, 11) is 0. The lowest BCUT2D eigenvalue weighted by atomic mass is 9.97. The molecule has 3 heterocycles. The highest BCUT2D eigenvalue weighted by molar-refractivity contribution is 5.90. The lowest BCUT2D eigenvalue weighted by Gasteiger charge is -2.30. The van der Waals surface area contributed by atoms with Crippen LogP contribution >= 0.6 is 0 Å². The van der Waals surface area contributed by atoms with Gasteiger partial charge in [0.25, 0.3) is 0 Å². The highest BCUT2D eigenvalue weighted by Gasteiger charge is 2.22. The van der Waals surface area contributed by atoms with Crippen LogP contribution in [0, 0.1) is 5.92 Å². The Morgan fingerprint density at radius 3 is 2.82 bits per heavy atom. The van der Waals surface area contributed by atoms with Gasteiger partial charge in [0.15, 0.2) is 0 Å². The van der Waals surface area contributed by atoms with E-state index in [4.69, 9.17) is 4.74 Å². The van der Waals surface area contributed by atoms with Crippen LogP contribution in [-0.4, -0.2) is 40.7 Å². The summed E-state index contributed by atoms with van der Waals surface area (Å²) < 4.78 is 5.39. The molecule has 0 atom stereocenters. The third kappa shape index (κ3) is 3.54. The molecule has 1 saturated heterocycles. The SMILES string of the molecule is O=C(O)C1=CN(CC2CCOCC2)C=C(c2ccccn2)C1. The average molecular weight is 300 g/mol. The number of pyridine rings is 1. The van der Waals surface area contributed by atoms with Crippen LogP contribution in [0.25, 0.3) is 5.57 Å². The summed E-state index contributed by atoms with van der Waals surface area (Å²) in [6, 6.07) is 5.70. The smallest absolute Gasteiger partial charge is 0.333 e. The lowest BCUT2D eigenvalue weighted by Crippen LogP contribution is -2.28. The highest BCUT2D eigenvalue weighted by Crippen LogP contribution is 2.28. The Morgan fingerprint density at radius 2 is 2.14 bits per heavy atom. The van der Waals surface area contributed by atoms with Crippen LogP contribution in [0.2, 0.25) is 0 Å². The molecule has 0 saturated carbocycles. The van der Waals surface area contributed by atoms with Gasteiger partial charge in [-0.3, -0.25) is 4.98 Å². The minimum Gasteiger partial charge on any atom is -0.478 e. The quantitative estimate of drug-likeness (QED) is 0.925. The second-order valence-corrected chi connectivity index (χ2v) is 5.76. The molecule has 0 bridgehead atoms. The van der Waals surface area contributed by atoms with Crippen LogP contribution in [0.4, 0.5) is 0 Å². The molecular formula is C17H20N2O3. The largest absolute Gasteiger partial charge is 0.478 e. The molecule has 0 unspecified atom stereocenters. The molecule has 0 aliphatic carbocycles. The fourth-order valence-electron chi connectivity index (χ4n) is 2.91. The molecule has 116 valence electrons. The first-order chi connectivity index (χ1) is 10.7. The summed E-state index contributed by atoms with van der Waals surface area (Å²) in [5, 5.41) is 9.36. The van der Waals surface area contributed by atoms with Gasteiger partial charge in [-0.15, -0.1) is 0 Å². The number of ether oxygens (including phenoxy) is 1. The van der Waals surface area contributed by atoms with Crippen molar-refractivity contribution in [3.05, 3.63) is 48.1 Å². The Kier molecular flexibility index (Phi) is 4.53. The van der Waals surface area contributed by atoms with E-state index in [-0.39, 0.29) is 0 Å². The zero-order valence-corrected chi connectivity index (χ0v) is 12.4. The van der Waals surface area contributed by atoms with Crippen molar-refractivity contribution in [2.75, 3.05) is 19.8 Å². The number of aromatic nitrogens is 1. The van der Waals surface area contributed by atoms with Crippen molar-refractivity contribution >= 4 is 11.5 Å². The molecule has 0 aromatic carbocycles. The van der Waals surface area contributed by atoms with E-state index in [2.05, 4.69) is 4.98 Å². The molecule has 1 aromatic rings. The van der Waals surface area contributed by atoms with Crippen LogP contribution in [0.3, 0.4) is 0 Å². The van der Waals surface area contributed by atoms with E-state index in [1.807, 2.05) is 29.3 Å². The number of hydrogen-bond donors (Lipinski definition) is 1. The molecule has 1 aromatic heterocycles. The van der Waals surface area contributed by atoms with Crippen LogP contribution in [0.5, 0.6) is 0 Å². The molecule has 5 heteroatoms. The molecule has 0 amide bonds. The van der Waals surface area contributed by atoms with Gasteiger partial charge in [-0.2, -0.15) is 0 Å². The van der Waals surface area contributed by atoms with Gasteiger partial charge in [-0.1, -0.05) is 6.07 Å². The van der Waals surface area contributed by atoms with Crippen LogP contribution in [0.1, 0.15) is 25.0 Å². The predicted molar refractivity (Wildman–Crippen MR) is 82.8 cm³/mol. The maximum absolute atomic E-state index is 11.4. The second kappa shape index (κ2) is 6.75. The van der Waals surface area contributed by atoms with E-state index in [1.54, 1.807) is 12.4 Å². The molecule has 1 fully saturated rings. The van der Waals surface area contributed by atoms with Gasteiger partial charge >= 0.3 is 5.97 Å². The Labute approximate surface area is 129 Å². The van der Waals surface area contributed by atoms with Gasteiger partial charge < -0.3 is 14.7 Å². The summed E-state index contributed by atoms with van der Waals surface area (Å²) in [4.78, 5) is 17.8. The number of nitrogens with zero attached hydrogens (tertiary/aromatic N) is 2. The Morgan fingerprint density at radius 1 is 1.32 bits per heavy atom. The second-order valence-electron chi connectivity index (χ2n) is 5.76. The van der Waals surface area contributed by atoms with Crippen molar-refractivity contribution in [2.24, 2.45) is 5.92 Å². The normalized spacial score (nSPS) is 19.5. The fourth-order valence-corrected chi connectivity index (χ4v) is 2.91. The first kappa shape index (κ1) is 14.8. The maximum Gasteiger partial charge on any atom is 0.333 e. The van der Waals surface area contributed by atoms with Crippen molar-refractivity contribution in [2.45, 2.75) is 19.3 Å². The van der Waals surface area contributed by atoms with E-state index in [0.29, 0.717) is 17.9 Å². The van der Waals surface area contributed by atoms with Gasteiger partial charge in [-0.25, -0.2) is 4.79 Å². The monoisotopic (exact) mass is 300 g/mol. The van der Waals surface area contributed by atoms with E-state index >= 15 is 0 Å². The molecule has 2 aliphatic heterocycles. The van der Waals surface area contributed by atoms with Gasteiger partial charge in [0.2, 0.25) is 0 Å². The van der Waals surface area contributed by atoms with Gasteiger partial charge in [0, 0.05) is 44.8 Å². The van der Waals surface area contributed by atoms with Crippen LogP contribution in [-0.2, 0) is 9.53 Å². The molecule has 0 radical (unpaired) electrons. The number of allylic oxidation sites excluding steroid dienone is 1. The Hall–Kier alpha value is -2.14. The molecular weight excluding hydrogens is 280 g/mol. The first-order valence-electron chi connectivity index (χ1n) is 7.62. The summed E-state index contributed by atoms with van der Waals surface area (Å²) >= 11 is 0. The third-order valence-corrected chi connectivity index (χ3v) is 4.10. The zero-order chi connectivity index (χ0) is 15.4. The Bertz CT molecular complexity index is 589. The van der Waals surface area contributed by atoms with Gasteiger partial charge in [0.1, 0.15) is 0 Å². The number of carbonyl (C=O) groups is 1. The molecule has 0 spiro atoms. The minimum absolute atomic E-state index is 0.412. The molecule has 2 aliphatic rings. The first-order valence-corrected chi connectivity index (χ1v) is 7.62. The molecule has 5 nitrogen and oxygen atoms in total. The molecule has 3 rings (SSSR count). The van der Waals surface area contributed by atoms with Crippen LogP contribution in [0.15, 0.2) is 42.4 Å². The third-order valence-electron chi connectivity index (χ3n) is 4.10. The number of rotatable bonds is 4. The van der Waals surface area contributed by atoms with E-state index in [1.165, 1.54) is 0 Å². The highest BCUT2D eigenvalue weighted by atomic mass is 16.5. The summed E-state index contributed by atoms with van der Waals surface area (Å²) in [5.41, 5.74) is 2.20. The molecule has 22 heavy (non-hydrogen) atoms. The number of aliphatic carboxylic acids is 1. The number of hydrogen-bond acceptors (Lipinski definition) is 4. The van der Waals surface area contributed by atoms with Crippen molar-refractivity contribution in [1.29, 1.82) is 0 Å². The zero-order valence-electron chi connectivity index (χ0n) is 12.4. The number of carboxylic acids is 1. The van der Waals surface area contributed by atoms with Gasteiger partial charge in [0.05, 0.1) is 11.3 Å². The van der Waals surface area contributed by atoms with Crippen molar-refractivity contribution in [3.63, 3.8) is 0 Å². The minimum atomic E-state index is -0.862. The number of carboxylic acid groups (broad SMARTS) is 1. The summed E-state index contributed by atoms with van der Waals surface area (Å²) in [6.45, 7) is 2.42. The summed E-state index contributed by atoms with van der Waals surface area (Å²) in [5.74, 6) is -0.321. The topological polar surface area (TPSA) is 62.7 Å². The van der Waals surface area contributed by atoms with E-state index < -0.39 is 5.97 Å². The van der Waals surface area contributed by atoms with Gasteiger partial charge in [-0.05, 0) is 36.5 Å². The fraction of sp³-hybridized carbons (Fsp3) is 0.412. The standard InChI is InChI=1S/C17H20N2O3/c20-17(21)15-9-14(16-3-1-2-6-18-16)11-19(12-15)10-13-4-7-22-8-5-13/h1-3,6,11-13H,4-5,7-10H2,(H,20,21). The van der Waals surface area contributed by atoms with Crippen molar-refractivity contribution in [3.8, 4) is 0 Å².